The molecule has 4 amide bonds. The molecule has 2 N–H and O–H groups in total. The molecule has 0 spiro atoms. The fourth-order valence-electron chi connectivity index (χ4n) is 3.98. The van der Waals surface area contributed by atoms with Crippen LogP contribution in [0.25, 0.3) is 0 Å². The first-order valence-corrected chi connectivity index (χ1v) is 10.3. The second-order valence-corrected chi connectivity index (χ2v) is 8.13. The predicted octanol–water partition coefficient (Wildman–Crippen LogP) is 3.05. The molecule has 2 aromatic carbocycles. The van der Waals surface area contributed by atoms with Crippen molar-refractivity contribution in [3.8, 4) is 0 Å². The summed E-state index contributed by atoms with van der Waals surface area (Å²) >= 11 is 5.60. The summed E-state index contributed by atoms with van der Waals surface area (Å²) in [7, 11) is 0. The number of halogens is 4. The van der Waals surface area contributed by atoms with Crippen LogP contribution in [0.5, 0.6) is 0 Å². The van der Waals surface area contributed by atoms with Crippen molar-refractivity contribution in [3.05, 3.63) is 69.2 Å². The molecular formula is C22H17ClF3N3O4. The van der Waals surface area contributed by atoms with Crippen molar-refractivity contribution in [1.82, 2.24) is 15.5 Å². The number of rotatable bonds is 4. The molecule has 7 nitrogen and oxygen atoms in total. The van der Waals surface area contributed by atoms with Crippen LogP contribution in [0.2, 0.25) is 5.02 Å². The average molecular weight is 480 g/mol. The van der Waals surface area contributed by atoms with Crippen LogP contribution in [0.1, 0.15) is 50.2 Å². The number of piperidine rings is 1. The van der Waals surface area contributed by atoms with Gasteiger partial charge in [0.1, 0.15) is 6.04 Å². The zero-order chi connectivity index (χ0) is 23.9. The van der Waals surface area contributed by atoms with E-state index in [1.807, 2.05) is 0 Å². The van der Waals surface area contributed by atoms with E-state index in [0.29, 0.717) is 22.8 Å². The molecule has 2 heterocycles. The van der Waals surface area contributed by atoms with E-state index in [4.69, 9.17) is 11.6 Å². The summed E-state index contributed by atoms with van der Waals surface area (Å²) in [5, 5.41) is 4.28. The van der Waals surface area contributed by atoms with E-state index in [1.165, 1.54) is 11.0 Å². The highest BCUT2D eigenvalue weighted by Crippen LogP contribution is 2.35. The molecule has 4 rings (SSSR count). The molecule has 0 saturated carbocycles. The van der Waals surface area contributed by atoms with Gasteiger partial charge in [-0.1, -0.05) is 23.7 Å². The number of nitrogens with one attached hydrogen (secondary N) is 2. The van der Waals surface area contributed by atoms with Gasteiger partial charge < -0.3 is 10.2 Å². The summed E-state index contributed by atoms with van der Waals surface area (Å²) in [5.41, 5.74) is 0.259. The maximum atomic E-state index is 13.1. The summed E-state index contributed by atoms with van der Waals surface area (Å²) in [6, 6.07) is 7.01. The molecule has 0 bridgehead atoms. The maximum absolute atomic E-state index is 13.1. The van der Waals surface area contributed by atoms with Crippen LogP contribution in [0, 0.1) is 0 Å². The SMILES string of the molecule is O=C1CCC(N2Cc3c(CNC(=O)c4ccc(Cl)c(C(F)(F)F)c4)cccc3C2=O)C(=O)N1. The summed E-state index contributed by atoms with van der Waals surface area (Å²) < 4.78 is 39.2. The van der Waals surface area contributed by atoms with Crippen molar-refractivity contribution < 1.29 is 32.3 Å². The van der Waals surface area contributed by atoms with Crippen molar-refractivity contribution in [3.63, 3.8) is 0 Å². The van der Waals surface area contributed by atoms with Crippen LogP contribution in [0.15, 0.2) is 36.4 Å². The number of benzene rings is 2. The van der Waals surface area contributed by atoms with E-state index in [-0.39, 0.29) is 43.3 Å². The lowest BCUT2D eigenvalue weighted by atomic mass is 10.0. The Bertz CT molecular complexity index is 1180. The van der Waals surface area contributed by atoms with Crippen LogP contribution in [-0.4, -0.2) is 34.6 Å². The lowest BCUT2D eigenvalue weighted by molar-refractivity contribution is -0.138. The number of imide groups is 1. The van der Waals surface area contributed by atoms with Gasteiger partial charge >= 0.3 is 6.18 Å². The fraction of sp³-hybridized carbons (Fsp3) is 0.273. The normalized spacial score (nSPS) is 18.2. The van der Waals surface area contributed by atoms with Gasteiger partial charge in [-0.25, -0.2) is 0 Å². The van der Waals surface area contributed by atoms with Gasteiger partial charge in [-0.05, 0) is 41.8 Å². The third kappa shape index (κ3) is 4.43. The van der Waals surface area contributed by atoms with Gasteiger partial charge in [0, 0.05) is 30.6 Å². The van der Waals surface area contributed by atoms with E-state index in [2.05, 4.69) is 10.6 Å². The zero-order valence-corrected chi connectivity index (χ0v) is 17.7. The van der Waals surface area contributed by atoms with Gasteiger partial charge in [-0.15, -0.1) is 0 Å². The Morgan fingerprint density at radius 3 is 2.64 bits per heavy atom. The second kappa shape index (κ2) is 8.51. The molecule has 172 valence electrons. The Morgan fingerprint density at radius 1 is 1.18 bits per heavy atom. The number of alkyl halides is 3. The van der Waals surface area contributed by atoms with Gasteiger partial charge in [0.05, 0.1) is 10.6 Å². The van der Waals surface area contributed by atoms with Crippen LogP contribution in [0.4, 0.5) is 13.2 Å². The number of carbonyl (C=O) groups excluding carboxylic acids is 4. The smallest absolute Gasteiger partial charge is 0.348 e. The highest BCUT2D eigenvalue weighted by molar-refractivity contribution is 6.31. The van der Waals surface area contributed by atoms with E-state index < -0.39 is 34.6 Å². The quantitative estimate of drug-likeness (QED) is 0.659. The largest absolute Gasteiger partial charge is 0.417 e. The first-order valence-electron chi connectivity index (χ1n) is 9.96. The van der Waals surface area contributed by atoms with Crippen LogP contribution < -0.4 is 10.6 Å². The Kier molecular flexibility index (Phi) is 5.87. The number of fused-ring (bicyclic) bond motifs is 1. The van der Waals surface area contributed by atoms with E-state index in [1.54, 1.807) is 18.2 Å². The molecule has 33 heavy (non-hydrogen) atoms. The van der Waals surface area contributed by atoms with Crippen molar-refractivity contribution in [2.24, 2.45) is 0 Å². The maximum Gasteiger partial charge on any atom is 0.417 e. The van der Waals surface area contributed by atoms with Gasteiger partial charge in [-0.2, -0.15) is 13.2 Å². The first kappa shape index (κ1) is 22.8. The van der Waals surface area contributed by atoms with E-state index >= 15 is 0 Å². The molecule has 2 aromatic rings. The Labute approximate surface area is 190 Å². The Morgan fingerprint density at radius 2 is 1.94 bits per heavy atom. The highest BCUT2D eigenvalue weighted by atomic mass is 35.5. The zero-order valence-electron chi connectivity index (χ0n) is 17.0. The van der Waals surface area contributed by atoms with Crippen molar-refractivity contribution >= 4 is 35.2 Å². The molecule has 1 fully saturated rings. The van der Waals surface area contributed by atoms with Crippen LogP contribution >= 0.6 is 11.6 Å². The fourth-order valence-corrected chi connectivity index (χ4v) is 4.20. The average Bonchev–Trinajstić information content (AvgIpc) is 3.08. The van der Waals surface area contributed by atoms with Gasteiger partial charge in [0.15, 0.2) is 0 Å². The lowest BCUT2D eigenvalue weighted by Gasteiger charge is -2.29. The lowest BCUT2D eigenvalue weighted by Crippen LogP contribution is -2.52. The monoisotopic (exact) mass is 479 g/mol. The molecule has 0 radical (unpaired) electrons. The van der Waals surface area contributed by atoms with Crippen molar-refractivity contribution in [1.29, 1.82) is 0 Å². The van der Waals surface area contributed by atoms with E-state index in [9.17, 15) is 32.3 Å². The second-order valence-electron chi connectivity index (χ2n) is 7.72. The topological polar surface area (TPSA) is 95.6 Å². The summed E-state index contributed by atoms with van der Waals surface area (Å²) in [5.74, 6) is -2.02. The third-order valence-corrected chi connectivity index (χ3v) is 5.98. The minimum absolute atomic E-state index is 0.0392. The predicted molar refractivity (Wildman–Crippen MR) is 110 cm³/mol. The molecule has 0 aromatic heterocycles. The molecule has 11 heteroatoms. The van der Waals surface area contributed by atoms with Crippen molar-refractivity contribution in [2.45, 2.75) is 38.1 Å². The Balaban J connectivity index is 1.50. The summed E-state index contributed by atoms with van der Waals surface area (Å²) in [6.07, 6.45) is -4.36. The standard InChI is InChI=1S/C22H17ClF3N3O4/c23-16-5-4-11(8-15(16)22(24,25)26)19(31)27-9-12-2-1-3-13-14(12)10-29(21(13)33)17-6-7-18(30)28-20(17)32/h1-5,8,17H,6-7,9-10H2,(H,27,31)(H,28,30,32). The Hall–Kier alpha value is -3.40. The van der Waals surface area contributed by atoms with Gasteiger partial charge in [0.25, 0.3) is 11.8 Å². The number of hydrogen-bond donors (Lipinski definition) is 2. The van der Waals surface area contributed by atoms with E-state index in [0.717, 1.165) is 6.07 Å². The van der Waals surface area contributed by atoms with Crippen LogP contribution in [-0.2, 0) is 28.9 Å². The molecule has 1 atom stereocenters. The number of nitrogens with zero attached hydrogens (tertiary/aromatic N) is 1. The number of hydrogen-bond acceptors (Lipinski definition) is 4. The first-order chi connectivity index (χ1) is 15.6. The molecular weight excluding hydrogens is 463 g/mol. The molecule has 1 unspecified atom stereocenters. The third-order valence-electron chi connectivity index (χ3n) is 5.65. The minimum atomic E-state index is -4.70. The highest BCUT2D eigenvalue weighted by Gasteiger charge is 2.39. The van der Waals surface area contributed by atoms with Gasteiger partial charge in [0.2, 0.25) is 11.8 Å². The number of carbonyl (C=O) groups is 4. The van der Waals surface area contributed by atoms with Gasteiger partial charge in [-0.3, -0.25) is 24.5 Å². The summed E-state index contributed by atoms with van der Waals surface area (Å²) in [4.78, 5) is 50.3. The van der Waals surface area contributed by atoms with Crippen LogP contribution in [0.3, 0.4) is 0 Å². The minimum Gasteiger partial charge on any atom is -0.348 e. The van der Waals surface area contributed by atoms with Crippen molar-refractivity contribution in [2.75, 3.05) is 0 Å². The number of amides is 4. The molecule has 1 saturated heterocycles. The molecule has 2 aliphatic rings. The molecule has 2 aliphatic heterocycles. The molecule has 0 aliphatic carbocycles. The summed E-state index contributed by atoms with van der Waals surface area (Å²) in [6.45, 7) is 0.0775.